The Bertz CT molecular complexity index is 1180. The summed E-state index contributed by atoms with van der Waals surface area (Å²) in [5, 5.41) is 7.82. The van der Waals surface area contributed by atoms with Crippen molar-refractivity contribution >= 4 is 31.6 Å². The number of carbonyl (C=O) groups excluding carboxylic acids is 1. The third-order valence-corrected chi connectivity index (χ3v) is 8.51. The smallest absolute Gasteiger partial charge is 0.243 e. The molecule has 0 aliphatic carbocycles. The maximum atomic E-state index is 13.3. The summed E-state index contributed by atoms with van der Waals surface area (Å²) in [6.45, 7) is 5.95. The van der Waals surface area contributed by atoms with Gasteiger partial charge in [-0.1, -0.05) is 17.7 Å². The zero-order valence-electron chi connectivity index (χ0n) is 17.8. The molecule has 1 heterocycles. The molecule has 1 atom stereocenters. The second-order valence-corrected chi connectivity index (χ2v) is 11.4. The molecule has 10 heteroatoms. The zero-order valence-corrected chi connectivity index (χ0v) is 19.4. The summed E-state index contributed by atoms with van der Waals surface area (Å²) in [6.07, 6.45) is 1.14. The number of aryl methyl sites for hydroxylation is 3. The van der Waals surface area contributed by atoms with Crippen molar-refractivity contribution in [1.82, 2.24) is 4.31 Å². The fraction of sp³-hybridized carbons (Fsp3) is 0.381. The molecule has 1 aliphatic rings. The molecule has 3 rings (SSSR count). The summed E-state index contributed by atoms with van der Waals surface area (Å²) in [6, 6.07) is 9.22. The van der Waals surface area contributed by atoms with Crippen molar-refractivity contribution in [3.63, 3.8) is 0 Å². The monoisotopic (exact) mass is 465 g/mol. The van der Waals surface area contributed by atoms with E-state index in [1.54, 1.807) is 13.8 Å². The SMILES string of the molecule is Cc1cc(C)c(S(=O)(=O)N2CCC[C@H](C(=O)Nc3ccc(S(N)(=O)=O)cc3)C2)c(C)c1. The van der Waals surface area contributed by atoms with Gasteiger partial charge in [0.1, 0.15) is 0 Å². The maximum Gasteiger partial charge on any atom is 0.243 e. The average molecular weight is 466 g/mol. The Balaban J connectivity index is 1.76. The molecule has 1 fully saturated rings. The van der Waals surface area contributed by atoms with Crippen LogP contribution in [0.4, 0.5) is 5.69 Å². The van der Waals surface area contributed by atoms with E-state index in [-0.39, 0.29) is 17.3 Å². The Morgan fingerprint density at radius 1 is 1.03 bits per heavy atom. The first-order chi connectivity index (χ1) is 14.4. The molecule has 2 aromatic carbocycles. The predicted molar refractivity (Wildman–Crippen MR) is 119 cm³/mol. The van der Waals surface area contributed by atoms with Crippen LogP contribution in [0.1, 0.15) is 29.5 Å². The van der Waals surface area contributed by atoms with Crippen molar-refractivity contribution < 1.29 is 21.6 Å². The molecule has 0 bridgehead atoms. The van der Waals surface area contributed by atoms with Crippen molar-refractivity contribution in [2.75, 3.05) is 18.4 Å². The lowest BCUT2D eigenvalue weighted by Crippen LogP contribution is -2.44. The molecule has 2 aromatic rings. The van der Waals surface area contributed by atoms with Gasteiger partial charge in [0, 0.05) is 18.8 Å². The molecular formula is C21H27N3O5S2. The lowest BCUT2D eigenvalue weighted by molar-refractivity contribution is -0.120. The van der Waals surface area contributed by atoms with E-state index in [4.69, 9.17) is 5.14 Å². The fourth-order valence-electron chi connectivity index (χ4n) is 4.05. The highest BCUT2D eigenvalue weighted by Gasteiger charge is 2.34. The zero-order chi connectivity index (χ0) is 23.0. The number of hydrogen-bond donors (Lipinski definition) is 2. The summed E-state index contributed by atoms with van der Waals surface area (Å²) in [4.78, 5) is 13.0. The number of primary sulfonamides is 1. The normalized spacial score (nSPS) is 18.0. The Kier molecular flexibility index (Phi) is 6.56. The van der Waals surface area contributed by atoms with Gasteiger partial charge in [0.25, 0.3) is 0 Å². The van der Waals surface area contributed by atoms with Crippen LogP contribution in [-0.2, 0) is 24.8 Å². The van der Waals surface area contributed by atoms with Gasteiger partial charge in [-0.2, -0.15) is 4.31 Å². The molecule has 1 aliphatic heterocycles. The summed E-state index contributed by atoms with van der Waals surface area (Å²) >= 11 is 0. The maximum absolute atomic E-state index is 13.3. The first kappa shape index (κ1) is 23.4. The number of benzene rings is 2. The van der Waals surface area contributed by atoms with Crippen molar-refractivity contribution in [3.05, 3.63) is 53.1 Å². The summed E-state index contributed by atoms with van der Waals surface area (Å²) in [5.74, 6) is -0.812. The second kappa shape index (κ2) is 8.70. The molecule has 3 N–H and O–H groups in total. The van der Waals surface area contributed by atoms with Gasteiger partial charge < -0.3 is 5.32 Å². The molecular weight excluding hydrogens is 438 g/mol. The first-order valence-electron chi connectivity index (χ1n) is 9.91. The van der Waals surface area contributed by atoms with E-state index in [2.05, 4.69) is 5.32 Å². The number of nitrogens with two attached hydrogens (primary N) is 1. The lowest BCUT2D eigenvalue weighted by atomic mass is 9.99. The number of piperidine rings is 1. The third kappa shape index (κ3) is 5.15. The Morgan fingerprint density at radius 3 is 2.16 bits per heavy atom. The van der Waals surface area contributed by atoms with Gasteiger partial charge in [-0.3, -0.25) is 4.79 Å². The number of amides is 1. The van der Waals surface area contributed by atoms with Crippen molar-refractivity contribution in [2.24, 2.45) is 11.1 Å². The van der Waals surface area contributed by atoms with E-state index in [1.807, 2.05) is 19.1 Å². The first-order valence-corrected chi connectivity index (χ1v) is 12.9. The summed E-state index contributed by atoms with van der Waals surface area (Å²) in [7, 11) is -7.54. The van der Waals surface area contributed by atoms with Crippen molar-refractivity contribution in [1.29, 1.82) is 0 Å². The number of rotatable bonds is 5. The van der Waals surface area contributed by atoms with E-state index < -0.39 is 26.0 Å². The second-order valence-electron chi connectivity index (χ2n) is 7.99. The van der Waals surface area contributed by atoms with E-state index in [0.717, 1.165) is 5.56 Å². The number of sulfonamides is 2. The molecule has 0 saturated carbocycles. The number of nitrogens with zero attached hydrogens (tertiary/aromatic N) is 1. The van der Waals surface area contributed by atoms with Gasteiger partial charge in [-0.15, -0.1) is 0 Å². The predicted octanol–water partition coefficient (Wildman–Crippen LogP) is 2.30. The van der Waals surface area contributed by atoms with Crippen LogP contribution in [0.5, 0.6) is 0 Å². The fourth-order valence-corrected chi connectivity index (χ4v) is 6.50. The number of nitrogens with one attached hydrogen (secondary N) is 1. The molecule has 0 aromatic heterocycles. The minimum absolute atomic E-state index is 0.0516. The van der Waals surface area contributed by atoms with Crippen molar-refractivity contribution in [3.8, 4) is 0 Å². The van der Waals surface area contributed by atoms with Crippen LogP contribution in [0.3, 0.4) is 0 Å². The number of hydrogen-bond acceptors (Lipinski definition) is 5. The standard InChI is InChI=1S/C21H27N3O5S2/c1-14-11-15(2)20(16(3)12-14)31(28,29)24-10-4-5-17(13-24)21(25)23-18-6-8-19(9-7-18)30(22,26)27/h6-9,11-12,17H,4-5,10,13H2,1-3H3,(H,23,25)(H2,22,26,27)/t17-/m0/s1. The molecule has 0 spiro atoms. The van der Waals surface area contributed by atoms with Gasteiger partial charge in [0.2, 0.25) is 26.0 Å². The van der Waals surface area contributed by atoms with E-state index >= 15 is 0 Å². The minimum Gasteiger partial charge on any atom is -0.326 e. The molecule has 1 saturated heterocycles. The highest BCUT2D eigenvalue weighted by Crippen LogP contribution is 2.29. The van der Waals surface area contributed by atoms with Crippen LogP contribution in [0.15, 0.2) is 46.2 Å². The van der Waals surface area contributed by atoms with Gasteiger partial charge in [0.15, 0.2) is 0 Å². The van der Waals surface area contributed by atoms with Crippen LogP contribution in [0.2, 0.25) is 0 Å². The molecule has 8 nitrogen and oxygen atoms in total. The lowest BCUT2D eigenvalue weighted by Gasteiger charge is -2.32. The van der Waals surface area contributed by atoms with Crippen LogP contribution in [-0.4, -0.2) is 40.1 Å². The van der Waals surface area contributed by atoms with Crippen LogP contribution < -0.4 is 10.5 Å². The van der Waals surface area contributed by atoms with Crippen LogP contribution in [0, 0.1) is 26.7 Å². The number of carbonyl (C=O) groups is 1. The molecule has 0 radical (unpaired) electrons. The molecule has 0 unspecified atom stereocenters. The van der Waals surface area contributed by atoms with Gasteiger partial charge >= 0.3 is 0 Å². The topological polar surface area (TPSA) is 127 Å². The Hall–Kier alpha value is -2.27. The van der Waals surface area contributed by atoms with Gasteiger partial charge in [-0.25, -0.2) is 22.0 Å². The van der Waals surface area contributed by atoms with Crippen molar-refractivity contribution in [2.45, 2.75) is 43.4 Å². The van der Waals surface area contributed by atoms with Crippen LogP contribution in [0.25, 0.3) is 0 Å². The van der Waals surface area contributed by atoms with Gasteiger partial charge in [0.05, 0.1) is 15.7 Å². The highest BCUT2D eigenvalue weighted by molar-refractivity contribution is 7.89. The van der Waals surface area contributed by atoms with E-state index in [0.29, 0.717) is 41.1 Å². The summed E-state index contributed by atoms with van der Waals surface area (Å²) in [5.41, 5.74) is 2.80. The van der Waals surface area contributed by atoms with E-state index in [9.17, 15) is 21.6 Å². The largest absolute Gasteiger partial charge is 0.326 e. The molecule has 31 heavy (non-hydrogen) atoms. The van der Waals surface area contributed by atoms with Crippen LogP contribution >= 0.6 is 0 Å². The van der Waals surface area contributed by atoms with E-state index in [1.165, 1.54) is 28.6 Å². The third-order valence-electron chi connectivity index (χ3n) is 5.41. The quantitative estimate of drug-likeness (QED) is 0.701. The van der Waals surface area contributed by atoms with Gasteiger partial charge in [-0.05, 0) is 69.0 Å². The average Bonchev–Trinajstić information content (AvgIpc) is 2.66. The molecule has 1 amide bonds. The molecule has 168 valence electrons. The Labute approximate surface area is 183 Å². The minimum atomic E-state index is -3.81. The number of anilines is 1. The Morgan fingerprint density at radius 2 is 1.61 bits per heavy atom. The summed E-state index contributed by atoms with van der Waals surface area (Å²) < 4.78 is 50.7. The highest BCUT2D eigenvalue weighted by atomic mass is 32.2.